The number of anilines is 1. The molecule has 1 aliphatic heterocycles. The van der Waals surface area contributed by atoms with Gasteiger partial charge in [0.2, 0.25) is 0 Å². The first-order valence-electron chi connectivity index (χ1n) is 8.01. The molecule has 0 saturated carbocycles. The van der Waals surface area contributed by atoms with Crippen LogP contribution in [0, 0.1) is 13.8 Å². The van der Waals surface area contributed by atoms with Crippen molar-refractivity contribution in [2.75, 3.05) is 5.32 Å². The Bertz CT molecular complexity index is 942. The van der Waals surface area contributed by atoms with Crippen LogP contribution in [0.15, 0.2) is 60.7 Å². The van der Waals surface area contributed by atoms with Crippen LogP contribution >= 0.6 is 0 Å². The fourth-order valence-corrected chi connectivity index (χ4v) is 3.24. The summed E-state index contributed by atoms with van der Waals surface area (Å²) in [6.07, 6.45) is 1.94. The van der Waals surface area contributed by atoms with Crippen LogP contribution in [0.5, 0.6) is 0 Å². The molecule has 1 aromatic heterocycles. The lowest BCUT2D eigenvalue weighted by Gasteiger charge is -2.09. The van der Waals surface area contributed by atoms with Crippen molar-refractivity contribution >= 4 is 23.2 Å². The number of fused-ring (bicyclic) bond motifs is 1. The largest absolute Gasteiger partial charge is 0.321 e. The zero-order valence-electron chi connectivity index (χ0n) is 13.7. The van der Waals surface area contributed by atoms with Crippen molar-refractivity contribution in [1.29, 1.82) is 0 Å². The normalized spacial score (nSPS) is 14.8. The number of benzene rings is 2. The smallest absolute Gasteiger partial charge is 0.256 e. The molecular formula is C21H18N2O. The number of rotatable bonds is 2. The number of hydrogen-bond acceptors (Lipinski definition) is 1. The summed E-state index contributed by atoms with van der Waals surface area (Å²) in [5, 5.41) is 2.91. The van der Waals surface area contributed by atoms with Gasteiger partial charge in [-0.05, 0) is 55.8 Å². The van der Waals surface area contributed by atoms with E-state index in [2.05, 4.69) is 60.1 Å². The number of hydrogen-bond donors (Lipinski definition) is 1. The Morgan fingerprint density at radius 2 is 1.54 bits per heavy atom. The van der Waals surface area contributed by atoms with Crippen molar-refractivity contribution < 1.29 is 4.79 Å². The van der Waals surface area contributed by atoms with Gasteiger partial charge in [0.05, 0.1) is 0 Å². The molecule has 1 N–H and O–H groups in total. The highest BCUT2D eigenvalue weighted by Crippen LogP contribution is 2.32. The lowest BCUT2D eigenvalue weighted by Crippen LogP contribution is -2.03. The molecule has 3 aromatic rings. The van der Waals surface area contributed by atoms with E-state index in [0.717, 1.165) is 22.5 Å². The summed E-state index contributed by atoms with van der Waals surface area (Å²) < 4.78 is 2.22. The maximum Gasteiger partial charge on any atom is 0.256 e. The molecule has 0 atom stereocenters. The van der Waals surface area contributed by atoms with E-state index < -0.39 is 0 Å². The molecule has 0 radical (unpaired) electrons. The van der Waals surface area contributed by atoms with E-state index in [1.165, 1.54) is 11.4 Å². The van der Waals surface area contributed by atoms with Gasteiger partial charge in [-0.3, -0.25) is 4.79 Å². The highest BCUT2D eigenvalue weighted by Gasteiger charge is 2.23. The standard InChI is InChI=1S/C21H18N2O/c1-14-7-8-15(2)23(14)17-11-9-16(10-12-17)13-19-18-5-3-4-6-20(18)22-21(19)24/h3-13H,1-2H3,(H,22,24)/b19-13+. The Morgan fingerprint density at radius 3 is 2.25 bits per heavy atom. The predicted molar refractivity (Wildman–Crippen MR) is 98.2 cm³/mol. The van der Waals surface area contributed by atoms with Gasteiger partial charge in [-0.25, -0.2) is 0 Å². The highest BCUT2D eigenvalue weighted by molar-refractivity contribution is 6.34. The minimum atomic E-state index is -0.0441. The number of aryl methyl sites for hydroxylation is 2. The topological polar surface area (TPSA) is 34.0 Å². The van der Waals surface area contributed by atoms with E-state index in [4.69, 9.17) is 0 Å². The molecule has 0 saturated heterocycles. The number of aromatic nitrogens is 1. The van der Waals surface area contributed by atoms with Gasteiger partial charge >= 0.3 is 0 Å². The van der Waals surface area contributed by atoms with Gasteiger partial charge in [-0.15, -0.1) is 0 Å². The summed E-state index contributed by atoms with van der Waals surface area (Å²) in [7, 11) is 0. The molecule has 0 fully saturated rings. The molecule has 0 spiro atoms. The average Bonchev–Trinajstić information content (AvgIpc) is 3.08. The lowest BCUT2D eigenvalue weighted by molar-refractivity contribution is -0.110. The Labute approximate surface area is 141 Å². The van der Waals surface area contributed by atoms with Crippen molar-refractivity contribution in [3.05, 3.63) is 83.2 Å². The van der Waals surface area contributed by atoms with Gasteiger partial charge in [0.1, 0.15) is 0 Å². The first-order chi connectivity index (χ1) is 11.6. The van der Waals surface area contributed by atoms with E-state index in [1.807, 2.05) is 30.3 Å². The Morgan fingerprint density at radius 1 is 0.875 bits per heavy atom. The van der Waals surface area contributed by atoms with Crippen molar-refractivity contribution in [3.8, 4) is 5.69 Å². The number of carbonyl (C=O) groups is 1. The average molecular weight is 314 g/mol. The molecule has 4 rings (SSSR count). The lowest BCUT2D eigenvalue weighted by atomic mass is 10.0. The zero-order chi connectivity index (χ0) is 16.7. The first kappa shape index (κ1) is 14.5. The zero-order valence-corrected chi connectivity index (χ0v) is 13.7. The molecule has 0 unspecified atom stereocenters. The van der Waals surface area contributed by atoms with E-state index >= 15 is 0 Å². The van der Waals surface area contributed by atoms with Gasteiger partial charge in [0.25, 0.3) is 5.91 Å². The van der Waals surface area contributed by atoms with E-state index in [9.17, 15) is 4.79 Å². The van der Waals surface area contributed by atoms with Crippen molar-refractivity contribution in [3.63, 3.8) is 0 Å². The summed E-state index contributed by atoms with van der Waals surface area (Å²) >= 11 is 0. The number of nitrogens with one attached hydrogen (secondary N) is 1. The molecular weight excluding hydrogens is 296 g/mol. The molecule has 0 bridgehead atoms. The summed E-state index contributed by atoms with van der Waals surface area (Å²) in [5.74, 6) is -0.0441. The van der Waals surface area contributed by atoms with Gasteiger partial charge in [0, 0.05) is 33.9 Å². The fraction of sp³-hybridized carbons (Fsp3) is 0.0952. The maximum atomic E-state index is 12.2. The van der Waals surface area contributed by atoms with Crippen LogP contribution in [0.1, 0.15) is 22.5 Å². The molecule has 1 aliphatic rings. The van der Waals surface area contributed by atoms with Crippen molar-refractivity contribution in [2.24, 2.45) is 0 Å². The van der Waals surface area contributed by atoms with Crippen LogP contribution in [0.4, 0.5) is 5.69 Å². The second-order valence-electron chi connectivity index (χ2n) is 6.10. The molecule has 3 nitrogen and oxygen atoms in total. The first-order valence-corrected chi connectivity index (χ1v) is 8.01. The number of amides is 1. The second-order valence-corrected chi connectivity index (χ2v) is 6.10. The summed E-state index contributed by atoms with van der Waals surface area (Å²) in [6.45, 7) is 4.20. The molecule has 2 aromatic carbocycles. The van der Waals surface area contributed by atoms with Gasteiger partial charge < -0.3 is 9.88 Å². The van der Waals surface area contributed by atoms with Crippen LogP contribution in [0.3, 0.4) is 0 Å². The third kappa shape index (κ3) is 2.35. The Balaban J connectivity index is 1.71. The monoisotopic (exact) mass is 314 g/mol. The van der Waals surface area contributed by atoms with E-state index in [1.54, 1.807) is 0 Å². The van der Waals surface area contributed by atoms with Crippen LogP contribution < -0.4 is 5.32 Å². The quantitative estimate of drug-likeness (QED) is 0.690. The Hall–Kier alpha value is -3.07. The minimum Gasteiger partial charge on any atom is -0.321 e. The molecule has 118 valence electrons. The van der Waals surface area contributed by atoms with Gasteiger partial charge in [-0.1, -0.05) is 30.3 Å². The van der Waals surface area contributed by atoms with Gasteiger partial charge in [-0.2, -0.15) is 0 Å². The molecule has 3 heteroatoms. The van der Waals surface area contributed by atoms with Crippen LogP contribution in [-0.4, -0.2) is 10.5 Å². The number of nitrogens with zero attached hydrogens (tertiary/aromatic N) is 1. The third-order valence-corrected chi connectivity index (χ3v) is 4.44. The molecule has 0 aliphatic carbocycles. The summed E-state index contributed by atoms with van der Waals surface area (Å²) in [5.41, 5.74) is 7.13. The summed E-state index contributed by atoms with van der Waals surface area (Å²) in [6, 6.07) is 20.3. The SMILES string of the molecule is Cc1ccc(C)n1-c1ccc(/C=C2/C(=O)Nc3ccccc32)cc1. The third-order valence-electron chi connectivity index (χ3n) is 4.44. The molecule has 2 heterocycles. The van der Waals surface area contributed by atoms with Crippen LogP contribution in [0.25, 0.3) is 17.3 Å². The minimum absolute atomic E-state index is 0.0441. The van der Waals surface area contributed by atoms with Crippen molar-refractivity contribution in [2.45, 2.75) is 13.8 Å². The Kier molecular flexibility index (Phi) is 3.35. The van der Waals surface area contributed by atoms with Crippen LogP contribution in [0.2, 0.25) is 0 Å². The van der Waals surface area contributed by atoms with Gasteiger partial charge in [0.15, 0.2) is 0 Å². The fourth-order valence-electron chi connectivity index (χ4n) is 3.24. The number of carbonyl (C=O) groups excluding carboxylic acids is 1. The van der Waals surface area contributed by atoms with Crippen LogP contribution in [-0.2, 0) is 4.79 Å². The number of para-hydroxylation sites is 1. The predicted octanol–water partition coefficient (Wildman–Crippen LogP) is 4.59. The molecule has 24 heavy (non-hydrogen) atoms. The highest BCUT2D eigenvalue weighted by atomic mass is 16.2. The second kappa shape index (κ2) is 5.53. The van der Waals surface area contributed by atoms with Crippen molar-refractivity contribution in [1.82, 2.24) is 4.57 Å². The maximum absolute atomic E-state index is 12.2. The molecule has 1 amide bonds. The van der Waals surface area contributed by atoms with E-state index in [-0.39, 0.29) is 5.91 Å². The summed E-state index contributed by atoms with van der Waals surface area (Å²) in [4.78, 5) is 12.2. The van der Waals surface area contributed by atoms with E-state index in [0.29, 0.717) is 5.57 Å².